The molecule has 0 saturated carbocycles. The Hall–Kier alpha value is -1.41. The molecule has 2 nitrogen and oxygen atoms in total. The van der Waals surface area contributed by atoms with E-state index in [4.69, 9.17) is 0 Å². The molecule has 0 aliphatic carbocycles. The summed E-state index contributed by atoms with van der Waals surface area (Å²) < 4.78 is 0. The van der Waals surface area contributed by atoms with Crippen LogP contribution in [0.2, 0.25) is 0 Å². The average molecular weight is 243 g/mol. The second-order valence-corrected chi connectivity index (χ2v) is 5.78. The lowest BCUT2D eigenvalue weighted by Crippen LogP contribution is -2.41. The molecule has 0 saturated heterocycles. The number of hydrogen-bond acceptors (Lipinski definition) is 2. The fourth-order valence-electron chi connectivity index (χ4n) is 2.61. The maximum Gasteiger partial charge on any atom is 0.147 e. The van der Waals surface area contributed by atoms with E-state index >= 15 is 0 Å². The van der Waals surface area contributed by atoms with E-state index in [0.29, 0.717) is 0 Å². The third-order valence-electron chi connectivity index (χ3n) is 3.90. The Morgan fingerprint density at radius 2 is 1.94 bits per heavy atom. The molecule has 1 aliphatic heterocycles. The van der Waals surface area contributed by atoms with E-state index in [0.717, 1.165) is 31.5 Å². The minimum absolute atomic E-state index is 0.0866. The zero-order chi connectivity index (χ0) is 13.2. The highest BCUT2D eigenvalue weighted by Gasteiger charge is 2.31. The molecule has 96 valence electrons. The van der Waals surface area contributed by atoms with Crippen LogP contribution in [-0.4, -0.2) is 24.3 Å². The van der Waals surface area contributed by atoms with Gasteiger partial charge in [0.2, 0.25) is 0 Å². The smallest absolute Gasteiger partial charge is 0.147 e. The van der Waals surface area contributed by atoms with Crippen LogP contribution in [0.1, 0.15) is 26.3 Å². The third kappa shape index (κ3) is 2.70. The van der Waals surface area contributed by atoms with Crippen molar-refractivity contribution in [2.45, 2.75) is 27.3 Å². The Bertz CT molecular complexity index is 459. The lowest BCUT2D eigenvalue weighted by Gasteiger charge is -2.39. The first-order chi connectivity index (χ1) is 8.53. The lowest BCUT2D eigenvalue weighted by atomic mass is 9.79. The zero-order valence-corrected chi connectivity index (χ0v) is 11.4. The van der Waals surface area contributed by atoms with Gasteiger partial charge in [0, 0.05) is 25.2 Å². The molecular formula is C16H21NO. The largest absolute Gasteiger partial charge is 0.298 e. The highest BCUT2D eigenvalue weighted by Crippen LogP contribution is 2.33. The van der Waals surface area contributed by atoms with Gasteiger partial charge in [0.15, 0.2) is 0 Å². The van der Waals surface area contributed by atoms with E-state index in [2.05, 4.69) is 49.9 Å². The molecule has 0 aromatic heterocycles. The van der Waals surface area contributed by atoms with Gasteiger partial charge in [-0.1, -0.05) is 49.8 Å². The second-order valence-electron chi connectivity index (χ2n) is 5.78. The van der Waals surface area contributed by atoms with Gasteiger partial charge in [0.1, 0.15) is 6.29 Å². The monoisotopic (exact) mass is 243 g/mol. The number of carbonyl (C=O) groups is 1. The summed E-state index contributed by atoms with van der Waals surface area (Å²) >= 11 is 0. The maximum absolute atomic E-state index is 11.2. The topological polar surface area (TPSA) is 20.3 Å². The molecule has 2 heteroatoms. The van der Waals surface area contributed by atoms with Gasteiger partial charge in [-0.2, -0.15) is 0 Å². The molecular weight excluding hydrogens is 222 g/mol. The summed E-state index contributed by atoms with van der Waals surface area (Å²) in [7, 11) is 0. The molecule has 1 aromatic rings. The molecule has 0 spiro atoms. The minimum atomic E-state index is 0.0866. The van der Waals surface area contributed by atoms with Crippen molar-refractivity contribution in [2.75, 3.05) is 13.1 Å². The molecule has 0 N–H and O–H groups in total. The number of benzene rings is 1. The normalized spacial score (nSPS) is 19.9. The third-order valence-corrected chi connectivity index (χ3v) is 3.90. The average Bonchev–Trinajstić information content (AvgIpc) is 2.34. The summed E-state index contributed by atoms with van der Waals surface area (Å²) in [5.41, 5.74) is 3.57. The van der Waals surface area contributed by atoms with Gasteiger partial charge in [-0.05, 0) is 17.9 Å². The highest BCUT2D eigenvalue weighted by atomic mass is 16.1. The SMILES string of the molecule is CC1=C(C=O)CN(Cc2ccccc2)CC1(C)C. The predicted octanol–water partition coefficient (Wildman–Crippen LogP) is 3.04. The van der Waals surface area contributed by atoms with Gasteiger partial charge in [-0.15, -0.1) is 0 Å². The highest BCUT2D eigenvalue weighted by molar-refractivity contribution is 5.76. The summed E-state index contributed by atoms with van der Waals surface area (Å²) in [6.07, 6.45) is 1.02. The molecule has 1 aromatic carbocycles. The first-order valence-electron chi connectivity index (χ1n) is 6.44. The molecule has 18 heavy (non-hydrogen) atoms. The van der Waals surface area contributed by atoms with Crippen molar-refractivity contribution in [2.24, 2.45) is 5.41 Å². The Balaban J connectivity index is 2.16. The molecule has 0 amide bonds. The first-order valence-corrected chi connectivity index (χ1v) is 6.44. The Morgan fingerprint density at radius 1 is 1.28 bits per heavy atom. The van der Waals surface area contributed by atoms with Crippen molar-refractivity contribution in [1.82, 2.24) is 4.90 Å². The number of aldehydes is 1. The Kier molecular flexibility index (Phi) is 3.67. The van der Waals surface area contributed by atoms with Crippen molar-refractivity contribution in [3.63, 3.8) is 0 Å². The quantitative estimate of drug-likeness (QED) is 0.760. The second kappa shape index (κ2) is 5.07. The first kappa shape index (κ1) is 13.0. The standard InChI is InChI=1S/C16H21NO/c1-13-15(11-18)10-17(12-16(13,2)3)9-14-7-5-4-6-8-14/h4-8,11H,9-10,12H2,1-3H3. The maximum atomic E-state index is 11.2. The molecule has 0 atom stereocenters. The van der Waals surface area contributed by atoms with Crippen molar-refractivity contribution in [3.8, 4) is 0 Å². The van der Waals surface area contributed by atoms with Crippen LogP contribution in [0, 0.1) is 5.41 Å². The van der Waals surface area contributed by atoms with Gasteiger partial charge in [-0.25, -0.2) is 0 Å². The molecule has 1 aliphatic rings. The van der Waals surface area contributed by atoms with E-state index in [1.807, 2.05) is 6.07 Å². The molecule has 0 bridgehead atoms. The van der Waals surface area contributed by atoms with Crippen LogP contribution in [0.4, 0.5) is 0 Å². The lowest BCUT2D eigenvalue weighted by molar-refractivity contribution is -0.105. The number of hydrogen-bond donors (Lipinski definition) is 0. The van der Waals surface area contributed by atoms with Gasteiger partial charge in [-0.3, -0.25) is 9.69 Å². The van der Waals surface area contributed by atoms with Gasteiger partial charge < -0.3 is 0 Å². The van der Waals surface area contributed by atoms with Crippen LogP contribution in [0.3, 0.4) is 0 Å². The molecule has 0 radical (unpaired) electrons. The van der Waals surface area contributed by atoms with Crippen LogP contribution in [-0.2, 0) is 11.3 Å². The Morgan fingerprint density at radius 3 is 2.56 bits per heavy atom. The van der Waals surface area contributed by atoms with E-state index in [1.54, 1.807) is 0 Å². The van der Waals surface area contributed by atoms with Crippen LogP contribution < -0.4 is 0 Å². The van der Waals surface area contributed by atoms with Crippen LogP contribution in [0.15, 0.2) is 41.5 Å². The van der Waals surface area contributed by atoms with E-state index in [1.165, 1.54) is 11.1 Å². The van der Waals surface area contributed by atoms with Crippen LogP contribution >= 0.6 is 0 Å². The fourth-order valence-corrected chi connectivity index (χ4v) is 2.61. The number of rotatable bonds is 3. The van der Waals surface area contributed by atoms with Crippen molar-refractivity contribution in [3.05, 3.63) is 47.0 Å². The predicted molar refractivity (Wildman–Crippen MR) is 74.3 cm³/mol. The van der Waals surface area contributed by atoms with Gasteiger partial charge in [0.05, 0.1) is 0 Å². The van der Waals surface area contributed by atoms with E-state index in [-0.39, 0.29) is 5.41 Å². The zero-order valence-electron chi connectivity index (χ0n) is 11.4. The molecule has 0 fully saturated rings. The van der Waals surface area contributed by atoms with E-state index in [9.17, 15) is 4.79 Å². The van der Waals surface area contributed by atoms with E-state index < -0.39 is 0 Å². The molecule has 0 unspecified atom stereocenters. The minimum Gasteiger partial charge on any atom is -0.298 e. The van der Waals surface area contributed by atoms with Crippen LogP contribution in [0.25, 0.3) is 0 Å². The summed E-state index contributed by atoms with van der Waals surface area (Å²) in [6.45, 7) is 9.20. The van der Waals surface area contributed by atoms with Crippen molar-refractivity contribution < 1.29 is 4.79 Å². The summed E-state index contributed by atoms with van der Waals surface area (Å²) in [4.78, 5) is 13.5. The van der Waals surface area contributed by atoms with Crippen molar-refractivity contribution >= 4 is 6.29 Å². The Labute approximate surface area is 109 Å². The summed E-state index contributed by atoms with van der Waals surface area (Å²) in [6, 6.07) is 10.4. The fraction of sp³-hybridized carbons (Fsp3) is 0.438. The molecule has 1 heterocycles. The summed E-state index contributed by atoms with van der Waals surface area (Å²) in [5, 5.41) is 0. The number of nitrogens with zero attached hydrogens (tertiary/aromatic N) is 1. The van der Waals surface area contributed by atoms with Crippen molar-refractivity contribution in [1.29, 1.82) is 0 Å². The number of carbonyl (C=O) groups excluding carboxylic acids is 1. The molecule has 2 rings (SSSR count). The van der Waals surface area contributed by atoms with Crippen LogP contribution in [0.5, 0.6) is 0 Å². The van der Waals surface area contributed by atoms with Gasteiger partial charge in [0.25, 0.3) is 0 Å². The van der Waals surface area contributed by atoms with Gasteiger partial charge >= 0.3 is 0 Å². The summed E-state index contributed by atoms with van der Waals surface area (Å²) in [5.74, 6) is 0.